The number of carbonyl (C=O) groups excluding carboxylic acids is 1. The first kappa shape index (κ1) is 21.4. The fourth-order valence-electron chi connectivity index (χ4n) is 2.94. The smallest absolute Gasteiger partial charge is 0.263 e. The van der Waals surface area contributed by atoms with Gasteiger partial charge in [0.2, 0.25) is 0 Å². The van der Waals surface area contributed by atoms with Gasteiger partial charge in [-0.05, 0) is 47.7 Å². The summed E-state index contributed by atoms with van der Waals surface area (Å²) >= 11 is 6.29. The molecule has 2 aromatic carbocycles. The molecule has 1 aliphatic heterocycles. The fourth-order valence-corrected chi connectivity index (χ4v) is 3.98. The highest BCUT2D eigenvalue weighted by Gasteiger charge is 2.21. The highest BCUT2D eigenvalue weighted by molar-refractivity contribution is 8.26. The lowest BCUT2D eigenvalue weighted by Gasteiger charge is -2.15. The SMILES string of the molecule is CC[C@@H](C)c1ccccc1OCCCOc1cccc(/C=C2\SC(=S)NC2=O)c1. The van der Waals surface area contributed by atoms with Gasteiger partial charge in [-0.15, -0.1) is 0 Å². The van der Waals surface area contributed by atoms with Gasteiger partial charge >= 0.3 is 0 Å². The van der Waals surface area contributed by atoms with E-state index in [-0.39, 0.29) is 5.91 Å². The van der Waals surface area contributed by atoms with Crippen molar-refractivity contribution in [2.24, 2.45) is 0 Å². The molecule has 29 heavy (non-hydrogen) atoms. The number of ether oxygens (including phenoxy) is 2. The summed E-state index contributed by atoms with van der Waals surface area (Å²) in [6, 6.07) is 15.9. The van der Waals surface area contributed by atoms with E-state index in [0.29, 0.717) is 28.4 Å². The molecular formula is C23H25NO3S2. The first-order valence-corrected chi connectivity index (χ1v) is 11.0. The summed E-state index contributed by atoms with van der Waals surface area (Å²) in [6.07, 6.45) is 3.69. The largest absolute Gasteiger partial charge is 0.493 e. The minimum Gasteiger partial charge on any atom is -0.493 e. The average Bonchev–Trinajstić information content (AvgIpc) is 3.04. The number of amides is 1. The van der Waals surface area contributed by atoms with Crippen LogP contribution in [0.25, 0.3) is 6.08 Å². The van der Waals surface area contributed by atoms with Crippen LogP contribution in [0.2, 0.25) is 0 Å². The Morgan fingerprint density at radius 1 is 1.14 bits per heavy atom. The summed E-state index contributed by atoms with van der Waals surface area (Å²) < 4.78 is 12.3. The predicted molar refractivity (Wildman–Crippen MR) is 124 cm³/mol. The minimum atomic E-state index is -0.152. The summed E-state index contributed by atoms with van der Waals surface area (Å²) in [5.74, 6) is 2.06. The Morgan fingerprint density at radius 3 is 2.69 bits per heavy atom. The Bertz CT molecular complexity index is 911. The Hall–Kier alpha value is -2.31. The standard InChI is InChI=1S/C23H25NO3S2/c1-3-16(2)19-10-4-5-11-20(19)27-13-7-12-26-18-9-6-8-17(14-18)15-21-22(25)24-23(28)29-21/h4-6,8-11,14-16H,3,7,12-13H2,1-2H3,(H,24,25,28)/b21-15-/t16-/m1/s1. The van der Waals surface area contributed by atoms with Gasteiger partial charge in [0.25, 0.3) is 5.91 Å². The lowest BCUT2D eigenvalue weighted by atomic mass is 9.98. The van der Waals surface area contributed by atoms with E-state index < -0.39 is 0 Å². The van der Waals surface area contributed by atoms with Crippen LogP contribution in [0.1, 0.15) is 43.7 Å². The van der Waals surface area contributed by atoms with Crippen molar-refractivity contribution in [3.05, 3.63) is 64.6 Å². The molecule has 1 heterocycles. The first-order chi connectivity index (χ1) is 14.1. The van der Waals surface area contributed by atoms with E-state index in [0.717, 1.165) is 29.9 Å². The molecule has 0 aliphatic carbocycles. The molecule has 0 radical (unpaired) electrons. The molecular weight excluding hydrogens is 402 g/mol. The summed E-state index contributed by atoms with van der Waals surface area (Å²) in [6.45, 7) is 5.57. The second-order valence-corrected chi connectivity index (χ2v) is 8.54. The van der Waals surface area contributed by atoms with Crippen LogP contribution < -0.4 is 14.8 Å². The Morgan fingerprint density at radius 2 is 1.93 bits per heavy atom. The van der Waals surface area contributed by atoms with Gasteiger partial charge in [-0.25, -0.2) is 0 Å². The van der Waals surface area contributed by atoms with E-state index in [9.17, 15) is 4.79 Å². The molecule has 3 rings (SSSR count). The van der Waals surface area contributed by atoms with Crippen LogP contribution in [0.4, 0.5) is 0 Å². The third-order valence-corrected chi connectivity index (χ3v) is 5.84. The number of rotatable bonds is 9. The van der Waals surface area contributed by atoms with E-state index in [1.54, 1.807) is 0 Å². The van der Waals surface area contributed by atoms with Gasteiger partial charge in [0.05, 0.1) is 18.1 Å². The number of carbonyl (C=O) groups is 1. The predicted octanol–water partition coefficient (Wildman–Crippen LogP) is 5.54. The average molecular weight is 428 g/mol. The molecule has 1 atom stereocenters. The molecule has 1 N–H and O–H groups in total. The summed E-state index contributed by atoms with van der Waals surface area (Å²) in [5, 5.41) is 2.62. The monoisotopic (exact) mass is 427 g/mol. The molecule has 0 bridgehead atoms. The van der Waals surface area contributed by atoms with Crippen molar-refractivity contribution in [3.63, 3.8) is 0 Å². The fraction of sp³-hybridized carbons (Fsp3) is 0.304. The van der Waals surface area contributed by atoms with Gasteiger partial charge in [0.15, 0.2) is 0 Å². The maximum Gasteiger partial charge on any atom is 0.263 e. The number of nitrogens with one attached hydrogen (secondary N) is 1. The number of thiocarbonyl (C=S) groups is 1. The van der Waals surface area contributed by atoms with Gasteiger partial charge < -0.3 is 14.8 Å². The van der Waals surface area contributed by atoms with E-state index in [1.165, 1.54) is 17.3 Å². The van der Waals surface area contributed by atoms with Crippen molar-refractivity contribution >= 4 is 40.3 Å². The van der Waals surface area contributed by atoms with Crippen molar-refractivity contribution in [1.82, 2.24) is 5.32 Å². The molecule has 1 fully saturated rings. The van der Waals surface area contributed by atoms with Crippen LogP contribution >= 0.6 is 24.0 Å². The second kappa shape index (κ2) is 10.5. The van der Waals surface area contributed by atoms with E-state index in [2.05, 4.69) is 31.3 Å². The maximum absolute atomic E-state index is 11.8. The van der Waals surface area contributed by atoms with Crippen LogP contribution in [0.5, 0.6) is 11.5 Å². The first-order valence-electron chi connectivity index (χ1n) is 9.76. The molecule has 1 amide bonds. The maximum atomic E-state index is 11.8. The van der Waals surface area contributed by atoms with Gasteiger partial charge in [0.1, 0.15) is 15.8 Å². The Labute approximate surface area is 181 Å². The van der Waals surface area contributed by atoms with Crippen molar-refractivity contribution in [2.45, 2.75) is 32.6 Å². The number of para-hydroxylation sites is 1. The zero-order chi connectivity index (χ0) is 20.6. The van der Waals surface area contributed by atoms with Crippen molar-refractivity contribution < 1.29 is 14.3 Å². The molecule has 0 aromatic heterocycles. The lowest BCUT2D eigenvalue weighted by Crippen LogP contribution is -2.17. The minimum absolute atomic E-state index is 0.152. The molecule has 0 spiro atoms. The van der Waals surface area contributed by atoms with E-state index in [1.807, 2.05) is 42.5 Å². The van der Waals surface area contributed by atoms with Gasteiger partial charge in [-0.1, -0.05) is 68.2 Å². The van der Waals surface area contributed by atoms with Crippen LogP contribution in [0, 0.1) is 0 Å². The van der Waals surface area contributed by atoms with Crippen LogP contribution in [0.3, 0.4) is 0 Å². The molecule has 6 heteroatoms. The van der Waals surface area contributed by atoms with Crippen molar-refractivity contribution in [1.29, 1.82) is 0 Å². The summed E-state index contributed by atoms with van der Waals surface area (Å²) in [4.78, 5) is 12.4. The zero-order valence-corrected chi connectivity index (χ0v) is 18.3. The Balaban J connectivity index is 1.49. The number of hydrogen-bond acceptors (Lipinski definition) is 5. The molecule has 0 saturated carbocycles. The van der Waals surface area contributed by atoms with Crippen molar-refractivity contribution in [2.75, 3.05) is 13.2 Å². The van der Waals surface area contributed by atoms with Gasteiger partial charge in [-0.2, -0.15) is 0 Å². The van der Waals surface area contributed by atoms with Crippen LogP contribution in [-0.2, 0) is 4.79 Å². The van der Waals surface area contributed by atoms with Crippen LogP contribution in [0.15, 0.2) is 53.4 Å². The molecule has 152 valence electrons. The topological polar surface area (TPSA) is 47.6 Å². The number of hydrogen-bond donors (Lipinski definition) is 1. The lowest BCUT2D eigenvalue weighted by molar-refractivity contribution is -0.115. The van der Waals surface area contributed by atoms with E-state index >= 15 is 0 Å². The van der Waals surface area contributed by atoms with E-state index in [4.69, 9.17) is 21.7 Å². The number of benzene rings is 2. The molecule has 0 unspecified atom stereocenters. The second-order valence-electron chi connectivity index (χ2n) is 6.82. The third-order valence-electron chi connectivity index (χ3n) is 4.68. The molecule has 1 saturated heterocycles. The van der Waals surface area contributed by atoms with Crippen LogP contribution in [-0.4, -0.2) is 23.4 Å². The quantitative estimate of drug-likeness (QED) is 0.324. The normalized spacial score (nSPS) is 16.0. The molecule has 4 nitrogen and oxygen atoms in total. The summed E-state index contributed by atoms with van der Waals surface area (Å²) in [7, 11) is 0. The van der Waals surface area contributed by atoms with Gasteiger partial charge in [-0.3, -0.25) is 4.79 Å². The summed E-state index contributed by atoms with van der Waals surface area (Å²) in [5.41, 5.74) is 2.16. The molecule has 1 aliphatic rings. The van der Waals surface area contributed by atoms with Gasteiger partial charge in [0, 0.05) is 6.42 Å². The zero-order valence-electron chi connectivity index (χ0n) is 16.6. The van der Waals surface area contributed by atoms with Crippen molar-refractivity contribution in [3.8, 4) is 11.5 Å². The highest BCUT2D eigenvalue weighted by Crippen LogP contribution is 2.29. The third kappa shape index (κ3) is 6.08. The molecule has 2 aromatic rings. The number of thioether (sulfide) groups is 1. The Kier molecular flexibility index (Phi) is 7.72. The highest BCUT2D eigenvalue weighted by atomic mass is 32.2.